The maximum atomic E-state index is 10.4. The quantitative estimate of drug-likeness (QED) is 0.0534. The third kappa shape index (κ3) is 613. The van der Waals surface area contributed by atoms with Crippen LogP contribution in [0.1, 0.15) is 61.9 Å². The minimum atomic E-state index is -1.53. The van der Waals surface area contributed by atoms with Crippen LogP contribution < -0.4 is 1080 Å². The Labute approximate surface area is 1340 Å². The minimum absolute atomic E-state index is 0. The third-order valence-corrected chi connectivity index (χ3v) is 3.48. The standard InChI is InChI=1S/C10H16N2O8.8C2H8N2.4C2H4O2.32Na.24H/c13-7(14)3-11(4-8(15)16)1-2-12(5-9(17)18)6-10(19)20;8*3-1-2-4;4*1-2(3)4;;;;;;;;;;;;;;;;;;;;;;;;;;;;;;;;;;;;;;;;;;;;;;;;;;;;;;;;/h1-6H2,(H,13,14)(H,15,16)(H,17,18)(H,19,20);8*1-4H2;4*1H3,(H,3,4);;;;;;;;;;;;;;;;;;;;;;;;;;;;;;;;;;;;;;;;;;;;;;;;;;;;;;;;/q;;;;;;;;;;;;;32*+1;24*-1/p-8. The van der Waals surface area contributed by atoms with Crippen molar-refractivity contribution >= 4 is 47.8 Å². The maximum absolute atomic E-state index is 10.4. The average Bonchev–Trinajstić information content (AvgIpc) is 3.24. The second-order valence-electron chi connectivity index (χ2n) is 10.5. The van der Waals surface area contributed by atoms with Crippen LogP contribution in [0.5, 0.6) is 0 Å². The van der Waals surface area contributed by atoms with Crippen LogP contribution >= 0.6 is 0 Å². The van der Waals surface area contributed by atoms with Gasteiger partial charge in [0.1, 0.15) is 0 Å². The van der Waals surface area contributed by atoms with Crippen molar-refractivity contribution in [2.45, 2.75) is 27.7 Å². The first-order valence-corrected chi connectivity index (χ1v) is 19.6. The van der Waals surface area contributed by atoms with Gasteiger partial charge in [-0.2, -0.15) is 0 Å². The van der Waals surface area contributed by atoms with Crippen molar-refractivity contribution in [3.63, 3.8) is 0 Å². The minimum Gasteiger partial charge on any atom is -1.00 e. The molecule has 0 saturated carbocycles. The van der Waals surface area contributed by atoms with Gasteiger partial charge in [-0.1, -0.05) is 0 Å². The molecule has 66 heteroatoms. The number of hydrogen-bond donors (Lipinski definition) is 16. The van der Waals surface area contributed by atoms with E-state index in [4.69, 9.17) is 131 Å². The number of hydrogen-bond acceptors (Lipinski definition) is 34. The fourth-order valence-electron chi connectivity index (χ4n) is 1.44. The number of aliphatic carboxylic acids is 8. The van der Waals surface area contributed by atoms with Crippen molar-refractivity contribution in [1.29, 1.82) is 0 Å². The Hall–Kier alpha value is 27.0. The van der Waals surface area contributed by atoms with Crippen molar-refractivity contribution < 1.29 is 1060 Å². The van der Waals surface area contributed by atoms with Gasteiger partial charge >= 0.3 is 946 Å². The van der Waals surface area contributed by atoms with E-state index >= 15 is 0 Å². The van der Waals surface area contributed by atoms with Crippen LogP contribution in [-0.2, 0) is 38.4 Å². The molecule has 32 N–H and O–H groups in total. The van der Waals surface area contributed by atoms with Crippen LogP contribution in [-0.4, -0.2) is 202 Å². The van der Waals surface area contributed by atoms with E-state index in [1.807, 2.05) is 0 Å². The van der Waals surface area contributed by atoms with Gasteiger partial charge < -0.3 is 205 Å². The summed E-state index contributed by atoms with van der Waals surface area (Å²) in [5, 5.41) is 77.2. The smallest absolute Gasteiger partial charge is 1.00 e. The predicted octanol–water partition coefficient (Wildman–Crippen LogP) is -114. The zero-order valence-electron chi connectivity index (χ0n) is 96.2. The normalized spacial score (nSPS) is 5.54. The van der Waals surface area contributed by atoms with Gasteiger partial charge in [-0.05, 0) is 27.7 Å². The van der Waals surface area contributed by atoms with Gasteiger partial charge in [0.05, 0.1) is 23.9 Å². The Kier molecular flexibility index (Phi) is 946. The number of carbonyl (C=O) groups is 8. The first-order valence-electron chi connectivity index (χ1n) is 19.6. The number of carboxylic acid groups (broad SMARTS) is 8. The number of nitrogens with two attached hydrogens (primary N) is 16. The molecule has 0 aromatic heterocycles. The largest absolute Gasteiger partial charge is 1.00 e. The molecule has 0 aliphatic rings. The van der Waals surface area contributed by atoms with E-state index in [9.17, 15) is 39.6 Å². The van der Waals surface area contributed by atoms with E-state index in [0.29, 0.717) is 105 Å². The Bertz CT molecular complexity index is 1000. The number of rotatable bonds is 19. The molecular formula is C34H112N18Na32O16. The molecule has 0 spiro atoms. The van der Waals surface area contributed by atoms with Gasteiger partial charge in [0.15, 0.2) is 0 Å². The fourth-order valence-corrected chi connectivity index (χ4v) is 1.44. The molecule has 0 fully saturated rings. The summed E-state index contributed by atoms with van der Waals surface area (Å²) >= 11 is 0. The van der Waals surface area contributed by atoms with Crippen LogP contribution in [0.15, 0.2) is 0 Å². The number of nitrogens with zero attached hydrogens (tertiary/aromatic N) is 2. The molecule has 0 atom stereocenters. The summed E-state index contributed by atoms with van der Waals surface area (Å²) in [4.78, 5) is 79.0. The van der Waals surface area contributed by atoms with E-state index in [2.05, 4.69) is 0 Å². The molecule has 0 unspecified atom stereocenters. The van der Waals surface area contributed by atoms with Crippen molar-refractivity contribution in [2.75, 3.05) is 144 Å². The van der Waals surface area contributed by atoms with Crippen LogP contribution in [0.3, 0.4) is 0 Å². The van der Waals surface area contributed by atoms with E-state index in [-0.39, 0.29) is 993 Å². The third-order valence-electron chi connectivity index (χ3n) is 3.48. The van der Waals surface area contributed by atoms with Crippen LogP contribution in [0, 0.1) is 0 Å². The van der Waals surface area contributed by atoms with Gasteiger partial charge in [0.2, 0.25) is 0 Å². The van der Waals surface area contributed by atoms with E-state index in [0.717, 1.165) is 37.5 Å². The van der Waals surface area contributed by atoms with Gasteiger partial charge in [-0.15, -0.1) is 0 Å². The molecule has 0 radical (unpaired) electrons. The first kappa shape index (κ1) is 300. The van der Waals surface area contributed by atoms with Crippen molar-refractivity contribution in [3.05, 3.63) is 0 Å². The molecule has 34 nitrogen and oxygen atoms in total. The summed E-state index contributed by atoms with van der Waals surface area (Å²) < 4.78 is 0. The van der Waals surface area contributed by atoms with Crippen LogP contribution in [0.4, 0.5) is 0 Å². The molecule has 0 aliphatic heterocycles. The molecule has 0 aromatic rings. The predicted molar refractivity (Wildman–Crippen MR) is 267 cm³/mol. The molecule has 466 valence electrons. The zero-order chi connectivity index (χ0) is 57.3. The Morgan fingerprint density at radius 2 is 0.240 bits per heavy atom. The number of carbonyl (C=O) groups excluding carboxylic acids is 8. The average molecular weight is 1770 g/mol. The monoisotopic (exact) mass is 1760 g/mol. The summed E-state index contributed by atoms with van der Waals surface area (Å²) in [6.45, 7) is 10.2. The summed E-state index contributed by atoms with van der Waals surface area (Å²) in [6.07, 6.45) is 0. The summed E-state index contributed by atoms with van der Waals surface area (Å²) in [5.74, 6) is -10.5. The molecule has 0 saturated heterocycles. The van der Waals surface area contributed by atoms with E-state index in [1.165, 1.54) is 0 Å². The Balaban J connectivity index is -0.00000000396. The fraction of sp³-hybridized carbons (Fsp3) is 0.765. The molecule has 0 heterocycles. The van der Waals surface area contributed by atoms with Gasteiger partial charge in [-0.3, -0.25) is 9.80 Å². The molecule has 0 aliphatic carbocycles. The zero-order valence-corrected chi connectivity index (χ0v) is 136. The molecule has 0 rings (SSSR count). The molecule has 0 aromatic carbocycles. The molecule has 0 amide bonds. The van der Waals surface area contributed by atoms with Crippen molar-refractivity contribution in [1.82, 2.24) is 9.80 Å². The van der Waals surface area contributed by atoms with Crippen molar-refractivity contribution in [3.8, 4) is 0 Å². The van der Waals surface area contributed by atoms with Gasteiger partial charge in [0.25, 0.3) is 0 Å². The summed E-state index contributed by atoms with van der Waals surface area (Å²) in [5.41, 5.74) is 78.4. The SMILES string of the molecule is CC(=O)[O-].CC(=O)[O-].CC(=O)[O-].CC(=O)[O-].NCCN.NCCN.NCCN.NCCN.NCCN.NCCN.NCCN.NCCN.O=C([O-])CN(CCN(CC(=O)[O-])CC(=O)[O-])CC(=O)[O-].[H-].[H-].[H-].[H-].[H-].[H-].[H-].[H-].[H-].[H-].[H-].[H-].[H-].[H-].[H-].[H-].[H-].[H-].[H-].[H-].[H-].[H-].[H-].[H-].[Na+].[Na+].[Na+].[Na+].[Na+].[Na+].[Na+].[Na+].[Na+].[Na+].[Na+].[Na+].[Na+].[Na+].[Na+].[Na+].[Na+].[Na+].[Na+].[Na+].[Na+].[Na+].[Na+].[Na+].[Na+].[Na+].[Na+].[Na+].[Na+].[Na+].[Na+].[Na+]. The van der Waals surface area contributed by atoms with Crippen molar-refractivity contribution in [2.24, 2.45) is 91.7 Å². The summed E-state index contributed by atoms with van der Waals surface area (Å²) in [7, 11) is 0. The maximum Gasteiger partial charge on any atom is 1.00 e. The van der Waals surface area contributed by atoms with Crippen LogP contribution in [0.2, 0.25) is 0 Å². The van der Waals surface area contributed by atoms with Gasteiger partial charge in [0, 0.05) is 168 Å². The second-order valence-corrected chi connectivity index (χ2v) is 10.5. The molecule has 100 heavy (non-hydrogen) atoms. The first-order chi connectivity index (χ1) is 31.4. The summed E-state index contributed by atoms with van der Waals surface area (Å²) in [6, 6.07) is 0. The number of carboxylic acids is 8. The second kappa shape index (κ2) is 315. The van der Waals surface area contributed by atoms with Crippen LogP contribution in [0.25, 0.3) is 0 Å². The van der Waals surface area contributed by atoms with E-state index in [1.54, 1.807) is 0 Å². The molecular weight excluding hydrogens is 1650 g/mol. The Morgan fingerprint density at radius 3 is 0.270 bits per heavy atom. The van der Waals surface area contributed by atoms with Gasteiger partial charge in [-0.25, -0.2) is 0 Å². The topological polar surface area (TPSA) is 744 Å². The van der Waals surface area contributed by atoms with E-state index < -0.39 is 73.9 Å². The molecule has 0 bridgehead atoms. The Morgan fingerprint density at radius 1 is 0.190 bits per heavy atom.